The molecule has 0 aromatic heterocycles. The van der Waals surface area contributed by atoms with Gasteiger partial charge < -0.3 is 4.90 Å². The van der Waals surface area contributed by atoms with Crippen molar-refractivity contribution in [3.8, 4) is 0 Å². The summed E-state index contributed by atoms with van der Waals surface area (Å²) in [5.41, 5.74) is 0. The van der Waals surface area contributed by atoms with Crippen molar-refractivity contribution in [3.05, 3.63) is 0 Å². The van der Waals surface area contributed by atoms with E-state index in [2.05, 4.69) is 0 Å². The zero-order valence-corrected chi connectivity index (χ0v) is 5.46. The second kappa shape index (κ2) is 2.94. The van der Waals surface area contributed by atoms with E-state index in [-0.39, 0.29) is 6.04 Å². The molecule has 0 spiro atoms. The molecule has 1 amide bonds. The number of alkyl halides is 2. The van der Waals surface area contributed by atoms with E-state index in [4.69, 9.17) is 0 Å². The molecule has 1 rings (SSSR count). The minimum Gasteiger partial charge on any atom is -0.337 e. The average molecular weight is 149 g/mol. The maximum absolute atomic E-state index is 11.7. The third-order valence-corrected chi connectivity index (χ3v) is 1.50. The molecule has 0 aromatic rings. The predicted octanol–water partition coefficient (Wildman–Crippen LogP) is 0.872. The molecule has 0 heterocycles. The van der Waals surface area contributed by atoms with Crippen molar-refractivity contribution < 1.29 is 13.6 Å². The van der Waals surface area contributed by atoms with E-state index in [1.165, 1.54) is 4.90 Å². The fraction of sp³-hybridized carbons (Fsp3) is 0.833. The Kier molecular flexibility index (Phi) is 2.19. The van der Waals surface area contributed by atoms with Gasteiger partial charge in [-0.15, -0.1) is 0 Å². The molecule has 0 atom stereocenters. The number of hydrogen-bond acceptors (Lipinski definition) is 1. The molecule has 0 aromatic carbocycles. The summed E-state index contributed by atoms with van der Waals surface area (Å²) in [6, 6.07) is 0.103. The second-order valence-corrected chi connectivity index (χ2v) is 2.42. The molecule has 4 heteroatoms. The standard InChI is InChI=1S/C6H9F2NO/c7-6(8)3-9(4-10)5-1-2-5/h4-6H,1-3H2. The predicted molar refractivity (Wildman–Crippen MR) is 31.8 cm³/mol. The summed E-state index contributed by atoms with van der Waals surface area (Å²) < 4.78 is 23.3. The maximum atomic E-state index is 11.7. The van der Waals surface area contributed by atoms with Gasteiger partial charge in [0.05, 0.1) is 6.54 Å². The summed E-state index contributed by atoms with van der Waals surface area (Å²) in [5, 5.41) is 0. The molecule has 1 aliphatic rings. The van der Waals surface area contributed by atoms with E-state index < -0.39 is 13.0 Å². The van der Waals surface area contributed by atoms with Crippen LogP contribution in [0.3, 0.4) is 0 Å². The van der Waals surface area contributed by atoms with Crippen molar-refractivity contribution in [3.63, 3.8) is 0 Å². The number of rotatable bonds is 4. The highest BCUT2D eigenvalue weighted by Gasteiger charge is 2.29. The van der Waals surface area contributed by atoms with Crippen LogP contribution in [0.2, 0.25) is 0 Å². The van der Waals surface area contributed by atoms with Crippen LogP contribution >= 0.6 is 0 Å². The fourth-order valence-corrected chi connectivity index (χ4v) is 0.844. The van der Waals surface area contributed by atoms with Crippen molar-refractivity contribution in [2.24, 2.45) is 0 Å². The summed E-state index contributed by atoms with van der Waals surface area (Å²) in [6.07, 6.45) is -0.133. The quantitative estimate of drug-likeness (QED) is 0.543. The summed E-state index contributed by atoms with van der Waals surface area (Å²) in [4.78, 5) is 11.3. The first-order valence-corrected chi connectivity index (χ1v) is 3.23. The van der Waals surface area contributed by atoms with E-state index >= 15 is 0 Å². The fourth-order valence-electron chi connectivity index (χ4n) is 0.844. The first-order chi connectivity index (χ1) is 4.74. The lowest BCUT2D eigenvalue weighted by Crippen LogP contribution is -2.29. The molecule has 0 N–H and O–H groups in total. The second-order valence-electron chi connectivity index (χ2n) is 2.42. The minimum atomic E-state index is -2.40. The van der Waals surface area contributed by atoms with Gasteiger partial charge in [-0.3, -0.25) is 4.79 Å². The van der Waals surface area contributed by atoms with Gasteiger partial charge in [0, 0.05) is 6.04 Å². The molecule has 0 radical (unpaired) electrons. The summed E-state index contributed by atoms with van der Waals surface area (Å²) in [7, 11) is 0. The van der Waals surface area contributed by atoms with Gasteiger partial charge in [-0.25, -0.2) is 8.78 Å². The lowest BCUT2D eigenvalue weighted by Gasteiger charge is -2.14. The van der Waals surface area contributed by atoms with Crippen LogP contribution in [0.5, 0.6) is 0 Å². The topological polar surface area (TPSA) is 20.3 Å². The Morgan fingerprint density at radius 2 is 2.20 bits per heavy atom. The van der Waals surface area contributed by atoms with E-state index in [0.717, 1.165) is 12.8 Å². The van der Waals surface area contributed by atoms with Crippen LogP contribution in [0.15, 0.2) is 0 Å². The van der Waals surface area contributed by atoms with Crippen LogP contribution in [-0.2, 0) is 4.79 Å². The first kappa shape index (κ1) is 7.44. The Hall–Kier alpha value is -0.670. The highest BCUT2D eigenvalue weighted by molar-refractivity contribution is 5.48. The van der Waals surface area contributed by atoms with Crippen molar-refractivity contribution in [1.82, 2.24) is 4.90 Å². The Morgan fingerprint density at radius 3 is 2.50 bits per heavy atom. The maximum Gasteiger partial charge on any atom is 0.255 e. The number of carbonyl (C=O) groups excluding carboxylic acids is 1. The molecule has 0 unspecified atom stereocenters. The van der Waals surface area contributed by atoms with Crippen molar-refractivity contribution in [2.45, 2.75) is 25.3 Å². The van der Waals surface area contributed by atoms with Gasteiger partial charge in [0.1, 0.15) is 0 Å². The molecule has 1 fully saturated rings. The van der Waals surface area contributed by atoms with Crippen LogP contribution in [0, 0.1) is 0 Å². The van der Waals surface area contributed by atoms with E-state index in [9.17, 15) is 13.6 Å². The lowest BCUT2D eigenvalue weighted by atomic mass is 10.5. The Labute approximate surface area is 57.8 Å². The highest BCUT2D eigenvalue weighted by Crippen LogP contribution is 2.25. The van der Waals surface area contributed by atoms with Crippen LogP contribution < -0.4 is 0 Å². The van der Waals surface area contributed by atoms with Crippen LogP contribution in [0.4, 0.5) is 8.78 Å². The number of nitrogens with zero attached hydrogens (tertiary/aromatic N) is 1. The Bertz CT molecular complexity index is 125. The lowest BCUT2D eigenvalue weighted by molar-refractivity contribution is -0.120. The van der Waals surface area contributed by atoms with E-state index in [0.29, 0.717) is 6.41 Å². The van der Waals surface area contributed by atoms with Gasteiger partial charge in [0.15, 0.2) is 0 Å². The molecule has 10 heavy (non-hydrogen) atoms. The van der Waals surface area contributed by atoms with Gasteiger partial charge in [0.25, 0.3) is 6.43 Å². The normalized spacial score (nSPS) is 17.5. The van der Waals surface area contributed by atoms with Gasteiger partial charge >= 0.3 is 0 Å². The van der Waals surface area contributed by atoms with E-state index in [1.807, 2.05) is 0 Å². The molecule has 0 bridgehead atoms. The zero-order valence-electron chi connectivity index (χ0n) is 5.46. The van der Waals surface area contributed by atoms with E-state index in [1.54, 1.807) is 0 Å². The van der Waals surface area contributed by atoms with Gasteiger partial charge in [-0.1, -0.05) is 0 Å². The average Bonchev–Trinajstić information content (AvgIpc) is 2.63. The smallest absolute Gasteiger partial charge is 0.255 e. The zero-order chi connectivity index (χ0) is 7.56. The SMILES string of the molecule is O=CN(CC(F)F)C1CC1. The van der Waals surface area contributed by atoms with Crippen molar-refractivity contribution >= 4 is 6.41 Å². The van der Waals surface area contributed by atoms with Crippen molar-refractivity contribution in [1.29, 1.82) is 0 Å². The largest absolute Gasteiger partial charge is 0.337 e. The first-order valence-electron chi connectivity index (χ1n) is 3.23. The van der Waals surface area contributed by atoms with Crippen molar-refractivity contribution in [2.75, 3.05) is 6.54 Å². The molecule has 58 valence electrons. The summed E-state index contributed by atoms with van der Waals surface area (Å²) in [6.45, 7) is -0.409. The summed E-state index contributed by atoms with van der Waals surface area (Å²) >= 11 is 0. The van der Waals surface area contributed by atoms with Crippen LogP contribution in [0.1, 0.15) is 12.8 Å². The molecular weight excluding hydrogens is 140 g/mol. The molecule has 0 aliphatic heterocycles. The van der Waals surface area contributed by atoms with Crippen LogP contribution in [-0.4, -0.2) is 30.3 Å². The molecule has 1 aliphatic carbocycles. The minimum absolute atomic E-state index is 0.103. The third-order valence-electron chi connectivity index (χ3n) is 1.50. The number of carbonyl (C=O) groups is 1. The highest BCUT2D eigenvalue weighted by atomic mass is 19.3. The third kappa shape index (κ3) is 1.93. The summed E-state index contributed by atoms with van der Waals surface area (Å²) in [5.74, 6) is 0. The van der Waals surface area contributed by atoms with Crippen LogP contribution in [0.25, 0.3) is 0 Å². The number of amides is 1. The monoisotopic (exact) mass is 149 g/mol. The van der Waals surface area contributed by atoms with Gasteiger partial charge in [-0.2, -0.15) is 0 Å². The molecule has 2 nitrogen and oxygen atoms in total. The molecule has 1 saturated carbocycles. The number of halogens is 2. The number of hydrogen-bond donors (Lipinski definition) is 0. The van der Waals surface area contributed by atoms with Gasteiger partial charge in [-0.05, 0) is 12.8 Å². The van der Waals surface area contributed by atoms with Gasteiger partial charge in [0.2, 0.25) is 6.41 Å². The Balaban J connectivity index is 2.25. The Morgan fingerprint density at radius 1 is 1.60 bits per heavy atom. The molecule has 0 saturated heterocycles. The molecular formula is C6H9F2NO.